The molecule has 5 nitrogen and oxygen atoms in total. The maximum absolute atomic E-state index is 12.1. The van der Waals surface area contributed by atoms with E-state index in [0.29, 0.717) is 24.4 Å². The summed E-state index contributed by atoms with van der Waals surface area (Å²) in [6.45, 7) is 4.22. The molecule has 1 aromatic rings. The molecule has 0 aromatic heterocycles. The van der Waals surface area contributed by atoms with Crippen molar-refractivity contribution in [3.05, 3.63) is 35.4 Å². The minimum absolute atomic E-state index is 0.0469. The van der Waals surface area contributed by atoms with Gasteiger partial charge in [0.25, 0.3) is 0 Å². The maximum atomic E-state index is 12.1. The van der Waals surface area contributed by atoms with Gasteiger partial charge in [-0.2, -0.15) is 0 Å². The molecule has 1 aliphatic heterocycles. The van der Waals surface area contributed by atoms with Crippen LogP contribution in [0, 0.1) is 5.92 Å². The van der Waals surface area contributed by atoms with E-state index in [-0.39, 0.29) is 6.03 Å². The van der Waals surface area contributed by atoms with E-state index in [1.165, 1.54) is 6.42 Å². The molecule has 0 radical (unpaired) electrons. The minimum Gasteiger partial charge on any atom is -0.478 e. The van der Waals surface area contributed by atoms with Crippen LogP contribution in [0.5, 0.6) is 0 Å². The van der Waals surface area contributed by atoms with E-state index >= 15 is 0 Å². The molecule has 1 unspecified atom stereocenters. The summed E-state index contributed by atoms with van der Waals surface area (Å²) in [7, 11) is 0. The van der Waals surface area contributed by atoms with Gasteiger partial charge in [-0.1, -0.05) is 25.1 Å². The van der Waals surface area contributed by atoms with Crippen molar-refractivity contribution in [3.63, 3.8) is 0 Å². The summed E-state index contributed by atoms with van der Waals surface area (Å²) in [5.41, 5.74) is 1.05. The van der Waals surface area contributed by atoms with E-state index in [0.717, 1.165) is 25.1 Å². The third-order valence-electron chi connectivity index (χ3n) is 3.86. The number of piperidine rings is 1. The number of carboxylic acid groups (broad SMARTS) is 1. The maximum Gasteiger partial charge on any atom is 0.335 e. The summed E-state index contributed by atoms with van der Waals surface area (Å²) in [6, 6.07) is 6.86. The summed E-state index contributed by atoms with van der Waals surface area (Å²) >= 11 is 0. The number of carbonyl (C=O) groups excluding carboxylic acids is 1. The minimum atomic E-state index is -0.929. The zero-order valence-corrected chi connectivity index (χ0v) is 12.3. The van der Waals surface area contributed by atoms with Gasteiger partial charge in [-0.3, -0.25) is 0 Å². The predicted octanol–water partition coefficient (Wildman–Crippen LogP) is 2.37. The second-order valence-electron chi connectivity index (χ2n) is 5.64. The lowest BCUT2D eigenvalue weighted by Gasteiger charge is -2.30. The van der Waals surface area contributed by atoms with Crippen LogP contribution in [0.15, 0.2) is 24.3 Å². The van der Waals surface area contributed by atoms with Crippen molar-refractivity contribution >= 4 is 12.0 Å². The van der Waals surface area contributed by atoms with Gasteiger partial charge in [-0.25, -0.2) is 9.59 Å². The Morgan fingerprint density at radius 3 is 2.86 bits per heavy atom. The van der Waals surface area contributed by atoms with E-state index in [2.05, 4.69) is 12.2 Å². The van der Waals surface area contributed by atoms with Crippen molar-refractivity contribution in [1.82, 2.24) is 10.2 Å². The molecule has 1 aliphatic rings. The number of rotatable bonds is 4. The summed E-state index contributed by atoms with van der Waals surface area (Å²) in [6.07, 6.45) is 2.75. The van der Waals surface area contributed by atoms with Crippen LogP contribution in [0.2, 0.25) is 0 Å². The summed E-state index contributed by atoms with van der Waals surface area (Å²) < 4.78 is 0. The van der Waals surface area contributed by atoms with Crippen LogP contribution in [0.25, 0.3) is 0 Å². The van der Waals surface area contributed by atoms with E-state index in [1.54, 1.807) is 18.2 Å². The zero-order chi connectivity index (χ0) is 15.2. The molecule has 0 aliphatic carbocycles. The van der Waals surface area contributed by atoms with E-state index in [4.69, 9.17) is 5.11 Å². The van der Waals surface area contributed by atoms with Crippen LogP contribution >= 0.6 is 0 Å². The van der Waals surface area contributed by atoms with Crippen LogP contribution < -0.4 is 5.32 Å². The Balaban J connectivity index is 1.84. The van der Waals surface area contributed by atoms with Crippen LogP contribution in [-0.4, -0.2) is 41.6 Å². The van der Waals surface area contributed by atoms with E-state index in [9.17, 15) is 9.59 Å². The Kier molecular flexibility index (Phi) is 5.20. The average molecular weight is 290 g/mol. The second-order valence-corrected chi connectivity index (χ2v) is 5.64. The van der Waals surface area contributed by atoms with Gasteiger partial charge in [0, 0.05) is 19.6 Å². The van der Waals surface area contributed by atoms with E-state index < -0.39 is 5.97 Å². The molecule has 1 aromatic carbocycles. The lowest BCUT2D eigenvalue weighted by Crippen LogP contribution is -2.45. The monoisotopic (exact) mass is 290 g/mol. The predicted molar refractivity (Wildman–Crippen MR) is 80.5 cm³/mol. The Hall–Kier alpha value is -2.04. The molecule has 1 fully saturated rings. The summed E-state index contributed by atoms with van der Waals surface area (Å²) in [5, 5.41) is 12.0. The van der Waals surface area contributed by atoms with Crippen molar-refractivity contribution in [1.29, 1.82) is 0 Å². The first-order chi connectivity index (χ1) is 10.1. The fraction of sp³-hybridized carbons (Fsp3) is 0.500. The number of carbonyl (C=O) groups is 2. The first-order valence-corrected chi connectivity index (χ1v) is 7.42. The molecule has 2 N–H and O–H groups in total. The Morgan fingerprint density at radius 2 is 2.14 bits per heavy atom. The number of urea groups is 1. The van der Waals surface area contributed by atoms with Gasteiger partial charge in [-0.05, 0) is 36.8 Å². The molecular weight excluding hydrogens is 268 g/mol. The lowest BCUT2D eigenvalue weighted by atomic mass is 10.0. The normalized spacial score (nSPS) is 18.3. The molecule has 1 heterocycles. The third kappa shape index (κ3) is 4.21. The highest BCUT2D eigenvalue weighted by Crippen LogP contribution is 2.15. The largest absolute Gasteiger partial charge is 0.478 e. The highest BCUT2D eigenvalue weighted by Gasteiger charge is 2.20. The third-order valence-corrected chi connectivity index (χ3v) is 3.86. The molecule has 2 amide bonds. The van der Waals surface area contributed by atoms with Gasteiger partial charge >= 0.3 is 12.0 Å². The van der Waals surface area contributed by atoms with Crippen molar-refractivity contribution in [2.75, 3.05) is 19.6 Å². The first kappa shape index (κ1) is 15.4. The van der Waals surface area contributed by atoms with Gasteiger partial charge in [0.1, 0.15) is 0 Å². The van der Waals surface area contributed by atoms with Gasteiger partial charge in [0.15, 0.2) is 0 Å². The van der Waals surface area contributed by atoms with Crippen molar-refractivity contribution in [2.24, 2.45) is 5.92 Å². The molecule has 0 spiro atoms. The van der Waals surface area contributed by atoms with Crippen LogP contribution in [0.1, 0.15) is 35.7 Å². The highest BCUT2D eigenvalue weighted by atomic mass is 16.4. The van der Waals surface area contributed by atoms with Gasteiger partial charge < -0.3 is 15.3 Å². The molecule has 1 saturated heterocycles. The number of hydrogen-bond donors (Lipinski definition) is 2. The van der Waals surface area contributed by atoms with E-state index in [1.807, 2.05) is 11.0 Å². The van der Waals surface area contributed by atoms with Gasteiger partial charge in [0.2, 0.25) is 0 Å². The number of likely N-dealkylation sites (tertiary alicyclic amines) is 1. The Morgan fingerprint density at radius 1 is 1.38 bits per heavy atom. The number of benzene rings is 1. The van der Waals surface area contributed by atoms with Gasteiger partial charge in [-0.15, -0.1) is 0 Å². The molecule has 0 bridgehead atoms. The standard InChI is InChI=1S/C16H22N2O3/c1-12-5-4-10-18(11-12)16(21)17-9-8-13-6-2-3-7-14(13)15(19)20/h2-3,6-7,12H,4-5,8-11H2,1H3,(H,17,21)(H,19,20). The van der Waals surface area contributed by atoms with Crippen molar-refractivity contribution in [3.8, 4) is 0 Å². The number of nitrogens with one attached hydrogen (secondary N) is 1. The molecule has 1 atom stereocenters. The van der Waals surface area contributed by atoms with Gasteiger partial charge in [0.05, 0.1) is 5.56 Å². The Labute approximate surface area is 125 Å². The number of amides is 2. The van der Waals surface area contributed by atoms with Crippen LogP contribution in [0.3, 0.4) is 0 Å². The number of aromatic carboxylic acids is 1. The van der Waals surface area contributed by atoms with Crippen molar-refractivity contribution < 1.29 is 14.7 Å². The molecule has 5 heteroatoms. The molecule has 114 valence electrons. The van der Waals surface area contributed by atoms with Crippen molar-refractivity contribution in [2.45, 2.75) is 26.2 Å². The summed E-state index contributed by atoms with van der Waals surface area (Å²) in [5.74, 6) is -0.376. The molecule has 2 rings (SSSR count). The number of hydrogen-bond acceptors (Lipinski definition) is 2. The quantitative estimate of drug-likeness (QED) is 0.894. The highest BCUT2D eigenvalue weighted by molar-refractivity contribution is 5.89. The number of nitrogens with zero attached hydrogens (tertiary/aromatic N) is 1. The number of carboxylic acids is 1. The summed E-state index contributed by atoms with van der Waals surface area (Å²) in [4.78, 5) is 25.0. The van der Waals surface area contributed by atoms with Crippen LogP contribution in [0.4, 0.5) is 4.79 Å². The smallest absolute Gasteiger partial charge is 0.335 e. The fourth-order valence-electron chi connectivity index (χ4n) is 2.74. The molecular formula is C16H22N2O3. The second kappa shape index (κ2) is 7.11. The fourth-order valence-corrected chi connectivity index (χ4v) is 2.74. The topological polar surface area (TPSA) is 69.6 Å². The Bertz CT molecular complexity index is 516. The molecule has 21 heavy (non-hydrogen) atoms. The molecule has 0 saturated carbocycles. The van der Waals surface area contributed by atoms with Crippen LogP contribution in [-0.2, 0) is 6.42 Å². The lowest BCUT2D eigenvalue weighted by molar-refractivity contribution is 0.0695. The average Bonchev–Trinajstić information content (AvgIpc) is 2.47. The zero-order valence-electron chi connectivity index (χ0n) is 12.3. The first-order valence-electron chi connectivity index (χ1n) is 7.42. The SMILES string of the molecule is CC1CCCN(C(=O)NCCc2ccccc2C(=O)O)C1.